The van der Waals surface area contributed by atoms with Gasteiger partial charge < -0.3 is 0 Å². The van der Waals surface area contributed by atoms with Gasteiger partial charge in [0.15, 0.2) is 11.9 Å². The van der Waals surface area contributed by atoms with Crippen molar-refractivity contribution in [2.24, 2.45) is 0 Å². The molecule has 1 unspecified atom stereocenters. The van der Waals surface area contributed by atoms with E-state index in [1.165, 1.54) is 6.92 Å². The number of carbonyl (C=O) groups is 1. The Labute approximate surface area is 65.5 Å². The van der Waals surface area contributed by atoms with Crippen LogP contribution < -0.4 is 0 Å². The Balaban J connectivity index is 2.85. The lowest BCUT2D eigenvalue weighted by Gasteiger charge is -2.02. The summed E-state index contributed by atoms with van der Waals surface area (Å²) in [6.45, 7) is 1.31. The first-order chi connectivity index (χ1) is 5.22. The minimum atomic E-state index is -1.21. The van der Waals surface area contributed by atoms with Crippen molar-refractivity contribution >= 4 is 5.78 Å². The Morgan fingerprint density at radius 3 is 2.27 bits per heavy atom. The first-order valence-corrected chi connectivity index (χ1v) is 3.43. The van der Waals surface area contributed by atoms with E-state index in [1.54, 1.807) is 24.3 Å². The lowest BCUT2D eigenvalue weighted by molar-refractivity contribution is -0.128. The number of hydrogen-bond donors (Lipinski definition) is 0. The SMILES string of the molecule is CC(=O)C([O])c1ccccc1. The highest BCUT2D eigenvalue weighted by molar-refractivity contribution is 5.81. The van der Waals surface area contributed by atoms with Crippen molar-refractivity contribution in [2.45, 2.75) is 13.0 Å². The molecule has 57 valence electrons. The number of benzene rings is 1. The van der Waals surface area contributed by atoms with Crippen LogP contribution >= 0.6 is 0 Å². The van der Waals surface area contributed by atoms with E-state index in [4.69, 9.17) is 0 Å². The summed E-state index contributed by atoms with van der Waals surface area (Å²) < 4.78 is 0. The van der Waals surface area contributed by atoms with Crippen molar-refractivity contribution in [3.05, 3.63) is 35.9 Å². The largest absolute Gasteiger partial charge is 0.297 e. The van der Waals surface area contributed by atoms with Crippen LogP contribution in [-0.4, -0.2) is 5.78 Å². The summed E-state index contributed by atoms with van der Waals surface area (Å²) in [6, 6.07) is 8.65. The minimum Gasteiger partial charge on any atom is -0.297 e. The Morgan fingerprint density at radius 1 is 1.27 bits per heavy atom. The van der Waals surface area contributed by atoms with Crippen LogP contribution in [0.25, 0.3) is 0 Å². The van der Waals surface area contributed by atoms with Crippen LogP contribution in [0.4, 0.5) is 0 Å². The third kappa shape index (κ3) is 1.88. The van der Waals surface area contributed by atoms with Gasteiger partial charge in [-0.05, 0) is 12.5 Å². The second-order valence-corrected chi connectivity index (χ2v) is 2.40. The molecule has 0 aliphatic carbocycles. The maximum Gasteiger partial charge on any atom is 0.176 e. The molecular weight excluding hydrogens is 140 g/mol. The van der Waals surface area contributed by atoms with Crippen LogP contribution in [0.1, 0.15) is 18.6 Å². The molecule has 0 aromatic heterocycles. The number of rotatable bonds is 2. The van der Waals surface area contributed by atoms with Gasteiger partial charge >= 0.3 is 0 Å². The van der Waals surface area contributed by atoms with E-state index in [2.05, 4.69) is 0 Å². The summed E-state index contributed by atoms with van der Waals surface area (Å²) in [4.78, 5) is 10.6. The van der Waals surface area contributed by atoms with Gasteiger partial charge in [0.25, 0.3) is 0 Å². The van der Waals surface area contributed by atoms with Gasteiger partial charge in [-0.25, -0.2) is 5.11 Å². The standard InChI is InChI=1S/C9H9O2/c1-7(10)9(11)8-5-3-2-4-6-8/h2-6,9H,1H3. The van der Waals surface area contributed by atoms with Gasteiger partial charge in [0.2, 0.25) is 0 Å². The maximum atomic E-state index is 11.1. The molecule has 2 nitrogen and oxygen atoms in total. The molecule has 1 aromatic carbocycles. The van der Waals surface area contributed by atoms with Gasteiger partial charge in [-0.2, -0.15) is 0 Å². The summed E-state index contributed by atoms with van der Waals surface area (Å²) >= 11 is 0. The van der Waals surface area contributed by atoms with Crippen molar-refractivity contribution in [2.75, 3.05) is 0 Å². The van der Waals surface area contributed by atoms with Crippen molar-refractivity contribution in [1.82, 2.24) is 0 Å². The molecule has 1 radical (unpaired) electrons. The van der Waals surface area contributed by atoms with E-state index in [-0.39, 0.29) is 5.78 Å². The number of hydrogen-bond acceptors (Lipinski definition) is 1. The molecule has 0 spiro atoms. The summed E-state index contributed by atoms with van der Waals surface area (Å²) in [6.07, 6.45) is -1.21. The zero-order chi connectivity index (χ0) is 8.27. The van der Waals surface area contributed by atoms with Gasteiger partial charge in [-0.15, -0.1) is 0 Å². The minimum absolute atomic E-state index is 0.337. The molecular formula is C9H9O2. The Morgan fingerprint density at radius 2 is 1.82 bits per heavy atom. The lowest BCUT2D eigenvalue weighted by atomic mass is 10.1. The molecule has 1 atom stereocenters. The molecule has 0 saturated carbocycles. The number of carbonyl (C=O) groups excluding carboxylic acids is 1. The van der Waals surface area contributed by atoms with Gasteiger partial charge in [-0.3, -0.25) is 4.79 Å². The zero-order valence-corrected chi connectivity index (χ0v) is 6.28. The average Bonchev–Trinajstić information content (AvgIpc) is 2.05. The second kappa shape index (κ2) is 3.30. The molecule has 0 fully saturated rings. The summed E-state index contributed by atoms with van der Waals surface area (Å²) in [5.74, 6) is -0.337. The van der Waals surface area contributed by atoms with Crippen LogP contribution in [0.2, 0.25) is 0 Å². The van der Waals surface area contributed by atoms with Crippen molar-refractivity contribution in [1.29, 1.82) is 0 Å². The molecule has 0 bridgehead atoms. The Hall–Kier alpha value is -1.15. The van der Waals surface area contributed by atoms with Gasteiger partial charge in [-0.1, -0.05) is 30.3 Å². The molecule has 2 heteroatoms. The molecule has 0 saturated heterocycles. The first-order valence-electron chi connectivity index (χ1n) is 3.43. The van der Waals surface area contributed by atoms with E-state index >= 15 is 0 Å². The lowest BCUT2D eigenvalue weighted by Crippen LogP contribution is -2.05. The molecule has 0 aliphatic rings. The Kier molecular flexibility index (Phi) is 2.39. The maximum absolute atomic E-state index is 11.1. The van der Waals surface area contributed by atoms with Crippen molar-refractivity contribution < 1.29 is 9.90 Å². The normalized spacial score (nSPS) is 12.5. The van der Waals surface area contributed by atoms with E-state index in [1.807, 2.05) is 6.07 Å². The fourth-order valence-electron chi connectivity index (χ4n) is 0.863. The molecule has 0 N–H and O–H groups in total. The fourth-order valence-corrected chi connectivity index (χ4v) is 0.863. The topological polar surface area (TPSA) is 37.0 Å². The van der Waals surface area contributed by atoms with Gasteiger partial charge in [0, 0.05) is 0 Å². The average molecular weight is 149 g/mol. The zero-order valence-electron chi connectivity index (χ0n) is 6.28. The van der Waals surface area contributed by atoms with E-state index in [0.717, 1.165) is 0 Å². The molecule has 0 amide bonds. The summed E-state index contributed by atoms with van der Waals surface area (Å²) in [5.41, 5.74) is 0.542. The van der Waals surface area contributed by atoms with Crippen LogP contribution in [-0.2, 0) is 9.90 Å². The smallest absolute Gasteiger partial charge is 0.176 e. The quantitative estimate of drug-likeness (QED) is 0.631. The molecule has 0 aliphatic heterocycles. The predicted molar refractivity (Wildman–Crippen MR) is 40.6 cm³/mol. The highest BCUT2D eigenvalue weighted by Gasteiger charge is 2.12. The third-order valence-corrected chi connectivity index (χ3v) is 1.47. The highest BCUT2D eigenvalue weighted by Crippen LogP contribution is 2.12. The first kappa shape index (κ1) is 7.95. The van der Waals surface area contributed by atoms with Crippen molar-refractivity contribution in [3.63, 3.8) is 0 Å². The van der Waals surface area contributed by atoms with Crippen LogP contribution in [0.3, 0.4) is 0 Å². The van der Waals surface area contributed by atoms with Crippen LogP contribution in [0.15, 0.2) is 30.3 Å². The summed E-state index contributed by atoms with van der Waals surface area (Å²) in [7, 11) is 0. The number of ketones is 1. The second-order valence-electron chi connectivity index (χ2n) is 2.40. The molecule has 0 heterocycles. The molecule has 11 heavy (non-hydrogen) atoms. The van der Waals surface area contributed by atoms with Crippen LogP contribution in [0.5, 0.6) is 0 Å². The highest BCUT2D eigenvalue weighted by atomic mass is 16.3. The molecule has 1 rings (SSSR count). The van der Waals surface area contributed by atoms with E-state index in [0.29, 0.717) is 5.56 Å². The monoisotopic (exact) mass is 149 g/mol. The van der Waals surface area contributed by atoms with E-state index in [9.17, 15) is 9.90 Å². The van der Waals surface area contributed by atoms with Gasteiger partial charge in [0.05, 0.1) is 0 Å². The van der Waals surface area contributed by atoms with E-state index < -0.39 is 6.10 Å². The molecule has 1 aromatic rings. The third-order valence-electron chi connectivity index (χ3n) is 1.47. The van der Waals surface area contributed by atoms with Crippen LogP contribution in [0, 0.1) is 0 Å². The summed E-state index contributed by atoms with van der Waals surface area (Å²) in [5, 5.41) is 11.1. The van der Waals surface area contributed by atoms with Crippen molar-refractivity contribution in [3.8, 4) is 0 Å². The number of Topliss-reactive ketones (excluding diaryl/α,β-unsaturated/α-hetero) is 1. The fraction of sp³-hybridized carbons (Fsp3) is 0.222. The predicted octanol–water partition coefficient (Wildman–Crippen LogP) is 1.75. The van der Waals surface area contributed by atoms with Gasteiger partial charge in [0.1, 0.15) is 0 Å². The Bertz CT molecular complexity index is 241.